The lowest BCUT2D eigenvalue weighted by atomic mass is 9.97. The zero-order chi connectivity index (χ0) is 12.3. The van der Waals surface area contributed by atoms with Crippen molar-refractivity contribution < 1.29 is 9.72 Å². The third-order valence-electron chi connectivity index (χ3n) is 2.32. The summed E-state index contributed by atoms with van der Waals surface area (Å²) in [4.78, 5) is 21.6. The second-order valence-corrected chi connectivity index (χ2v) is 3.27. The van der Waals surface area contributed by atoms with E-state index >= 15 is 0 Å². The van der Waals surface area contributed by atoms with Crippen molar-refractivity contribution in [1.29, 1.82) is 5.26 Å². The zero-order valence-electron chi connectivity index (χ0n) is 8.98. The first-order valence-electron chi connectivity index (χ1n) is 4.74. The molecule has 0 aliphatic carbocycles. The number of Topliss-reactive ketones (excluding diaryl/α,β-unsaturated/α-hetero) is 1. The molecule has 0 saturated heterocycles. The van der Waals surface area contributed by atoms with Gasteiger partial charge >= 0.3 is 0 Å². The van der Waals surface area contributed by atoms with Gasteiger partial charge in [0.1, 0.15) is 11.6 Å². The van der Waals surface area contributed by atoms with Gasteiger partial charge in [0.05, 0.1) is 4.92 Å². The molecule has 0 saturated carbocycles. The van der Waals surface area contributed by atoms with Crippen molar-refractivity contribution in [1.82, 2.24) is 0 Å². The lowest BCUT2D eigenvalue weighted by molar-refractivity contribution is -0.385. The molecule has 5 nitrogen and oxygen atoms in total. The van der Waals surface area contributed by atoms with Gasteiger partial charge in [-0.3, -0.25) is 14.9 Å². The van der Waals surface area contributed by atoms with E-state index in [4.69, 9.17) is 5.26 Å². The van der Waals surface area contributed by atoms with E-state index in [1.54, 1.807) is 13.0 Å². The lowest BCUT2D eigenvalue weighted by Gasteiger charge is -2.06. The van der Waals surface area contributed by atoms with Crippen LogP contribution in [0.1, 0.15) is 35.3 Å². The molecule has 0 radical (unpaired) electrons. The fourth-order valence-electron chi connectivity index (χ4n) is 1.62. The maximum Gasteiger partial charge on any atom is 0.290 e. The van der Waals surface area contributed by atoms with Crippen LogP contribution in [0.2, 0.25) is 0 Å². The Bertz CT molecular complexity index is 501. The van der Waals surface area contributed by atoms with Crippen LogP contribution in [-0.2, 0) is 6.42 Å². The molecule has 1 aromatic rings. The minimum atomic E-state index is -0.607. The van der Waals surface area contributed by atoms with E-state index in [0.29, 0.717) is 17.5 Å². The smallest absolute Gasteiger partial charge is 0.290 e. The fourth-order valence-corrected chi connectivity index (χ4v) is 1.62. The monoisotopic (exact) mass is 218 g/mol. The summed E-state index contributed by atoms with van der Waals surface area (Å²) in [5.41, 5.74) is 0.384. The van der Waals surface area contributed by atoms with Gasteiger partial charge in [0.25, 0.3) is 5.69 Å². The van der Waals surface area contributed by atoms with E-state index in [2.05, 4.69) is 0 Å². The SMILES string of the molecule is CCc1c(C(C)=O)ccc(C#N)c1[N+](=O)[O-]. The Morgan fingerprint density at radius 1 is 1.56 bits per heavy atom. The highest BCUT2D eigenvalue weighted by Crippen LogP contribution is 2.27. The molecule has 0 atom stereocenters. The highest BCUT2D eigenvalue weighted by atomic mass is 16.6. The molecule has 0 amide bonds. The van der Waals surface area contributed by atoms with Gasteiger partial charge in [0, 0.05) is 11.1 Å². The Hall–Kier alpha value is -2.22. The Balaban J connectivity index is 3.64. The van der Waals surface area contributed by atoms with Crippen molar-refractivity contribution in [3.8, 4) is 6.07 Å². The summed E-state index contributed by atoms with van der Waals surface area (Å²) in [5, 5.41) is 19.7. The molecule has 0 spiro atoms. The summed E-state index contributed by atoms with van der Waals surface area (Å²) in [7, 11) is 0. The Morgan fingerprint density at radius 2 is 2.19 bits per heavy atom. The number of benzene rings is 1. The summed E-state index contributed by atoms with van der Waals surface area (Å²) in [6.07, 6.45) is 0.348. The number of nitrogens with zero attached hydrogens (tertiary/aromatic N) is 2. The number of hydrogen-bond donors (Lipinski definition) is 0. The maximum absolute atomic E-state index is 11.3. The van der Waals surface area contributed by atoms with Crippen molar-refractivity contribution in [3.05, 3.63) is 38.9 Å². The van der Waals surface area contributed by atoms with Gasteiger partial charge in [-0.1, -0.05) is 6.92 Å². The van der Waals surface area contributed by atoms with E-state index in [0.717, 1.165) is 0 Å². The minimum Gasteiger partial charge on any atom is -0.294 e. The summed E-state index contributed by atoms with van der Waals surface area (Å²) in [6.45, 7) is 3.07. The number of hydrogen-bond acceptors (Lipinski definition) is 4. The molecule has 0 N–H and O–H groups in total. The lowest BCUT2D eigenvalue weighted by Crippen LogP contribution is -2.05. The van der Waals surface area contributed by atoms with Crippen LogP contribution in [0, 0.1) is 21.4 Å². The minimum absolute atomic E-state index is 0.00755. The van der Waals surface area contributed by atoms with Gasteiger partial charge < -0.3 is 0 Å². The average molecular weight is 218 g/mol. The molecule has 0 bridgehead atoms. The molecule has 82 valence electrons. The first-order valence-corrected chi connectivity index (χ1v) is 4.74. The number of rotatable bonds is 3. The Labute approximate surface area is 92.5 Å². The molecule has 0 unspecified atom stereocenters. The summed E-state index contributed by atoms with van der Waals surface area (Å²) in [6, 6.07) is 4.54. The zero-order valence-corrected chi connectivity index (χ0v) is 8.98. The van der Waals surface area contributed by atoms with Crippen LogP contribution >= 0.6 is 0 Å². The molecule has 0 aromatic heterocycles. The van der Waals surface area contributed by atoms with E-state index in [1.165, 1.54) is 19.1 Å². The fraction of sp³-hybridized carbons (Fsp3) is 0.273. The molecule has 1 rings (SSSR count). The van der Waals surface area contributed by atoms with Gasteiger partial charge in [-0.25, -0.2) is 0 Å². The van der Waals surface area contributed by atoms with Crippen LogP contribution in [0.15, 0.2) is 12.1 Å². The molecular weight excluding hydrogens is 208 g/mol. The normalized spacial score (nSPS) is 9.56. The largest absolute Gasteiger partial charge is 0.294 e. The number of nitriles is 1. The van der Waals surface area contributed by atoms with Gasteiger partial charge in [-0.05, 0) is 25.5 Å². The third kappa shape index (κ3) is 1.91. The molecule has 5 heteroatoms. The second-order valence-electron chi connectivity index (χ2n) is 3.27. The van der Waals surface area contributed by atoms with E-state index in [9.17, 15) is 14.9 Å². The molecule has 1 aromatic carbocycles. The van der Waals surface area contributed by atoms with Crippen molar-refractivity contribution in [3.63, 3.8) is 0 Å². The first-order chi connectivity index (χ1) is 7.52. The van der Waals surface area contributed by atoms with Crippen LogP contribution < -0.4 is 0 Å². The summed E-state index contributed by atoms with van der Waals surface area (Å²) >= 11 is 0. The Morgan fingerprint density at radius 3 is 2.56 bits per heavy atom. The van der Waals surface area contributed by atoms with E-state index in [1.807, 2.05) is 0 Å². The highest BCUT2D eigenvalue weighted by molar-refractivity contribution is 5.97. The number of carbonyl (C=O) groups excluding carboxylic acids is 1. The number of ketones is 1. The van der Waals surface area contributed by atoms with Gasteiger partial charge in [-0.2, -0.15) is 5.26 Å². The molecule has 0 heterocycles. The van der Waals surface area contributed by atoms with Crippen LogP contribution in [0.4, 0.5) is 5.69 Å². The standard InChI is InChI=1S/C11H10N2O3/c1-3-9-10(7(2)14)5-4-8(6-12)11(9)13(15)16/h4-5H,3H2,1-2H3. The van der Waals surface area contributed by atoms with Gasteiger partial charge in [-0.15, -0.1) is 0 Å². The maximum atomic E-state index is 11.3. The quantitative estimate of drug-likeness (QED) is 0.442. The van der Waals surface area contributed by atoms with Crippen LogP contribution in [0.25, 0.3) is 0 Å². The van der Waals surface area contributed by atoms with Crippen molar-refractivity contribution in [2.45, 2.75) is 20.3 Å². The summed E-state index contributed by atoms with van der Waals surface area (Å²) in [5.74, 6) is -0.232. The number of carbonyl (C=O) groups is 1. The van der Waals surface area contributed by atoms with Crippen molar-refractivity contribution in [2.24, 2.45) is 0 Å². The average Bonchev–Trinajstić information content (AvgIpc) is 2.26. The van der Waals surface area contributed by atoms with E-state index < -0.39 is 4.92 Å². The predicted octanol–water partition coefficient (Wildman–Crippen LogP) is 2.23. The number of nitro groups is 1. The summed E-state index contributed by atoms with van der Waals surface area (Å²) < 4.78 is 0. The highest BCUT2D eigenvalue weighted by Gasteiger charge is 2.23. The third-order valence-corrected chi connectivity index (χ3v) is 2.32. The first kappa shape index (κ1) is 11.9. The molecular formula is C11H10N2O3. The second kappa shape index (κ2) is 4.53. The predicted molar refractivity (Wildman–Crippen MR) is 57.2 cm³/mol. The van der Waals surface area contributed by atoms with E-state index in [-0.39, 0.29) is 17.0 Å². The Kier molecular flexibility index (Phi) is 3.36. The van der Waals surface area contributed by atoms with Crippen LogP contribution in [-0.4, -0.2) is 10.7 Å². The van der Waals surface area contributed by atoms with Crippen LogP contribution in [0.3, 0.4) is 0 Å². The molecule has 0 aliphatic rings. The molecule has 0 fully saturated rings. The number of nitro benzene ring substituents is 1. The van der Waals surface area contributed by atoms with Crippen LogP contribution in [0.5, 0.6) is 0 Å². The topological polar surface area (TPSA) is 84.0 Å². The van der Waals surface area contributed by atoms with Crippen molar-refractivity contribution >= 4 is 11.5 Å². The van der Waals surface area contributed by atoms with Gasteiger partial charge in [0.2, 0.25) is 0 Å². The van der Waals surface area contributed by atoms with Crippen molar-refractivity contribution in [2.75, 3.05) is 0 Å². The van der Waals surface area contributed by atoms with Gasteiger partial charge in [0.15, 0.2) is 5.78 Å². The molecule has 0 aliphatic heterocycles. The molecule has 16 heavy (non-hydrogen) atoms.